The molecule has 4 nitrogen and oxygen atoms in total. The zero-order chi connectivity index (χ0) is 4.50. The van der Waals surface area contributed by atoms with Crippen molar-refractivity contribution in [3.05, 3.63) is 0 Å². The minimum Gasteiger partial charge on any atom is -1.00 e. The molecule has 0 fully saturated rings. The number of rotatable bonds is 0. The molecule has 0 amide bonds. The SMILES string of the molecule is O=P(O)(O)O.[B].[Ba+2].[H-].[H-].[H-].[H-].[Mg+2]. The smallest absolute Gasteiger partial charge is 1.00 e. The van der Waals surface area contributed by atoms with E-state index in [9.17, 15) is 0 Å². The molecule has 3 N–H and O–H groups in total. The largest absolute Gasteiger partial charge is 2.00 e. The van der Waals surface area contributed by atoms with Gasteiger partial charge in [-0.05, 0) is 0 Å². The molecule has 0 saturated heterocycles. The van der Waals surface area contributed by atoms with Gasteiger partial charge < -0.3 is 20.4 Å². The van der Waals surface area contributed by atoms with E-state index in [1.165, 1.54) is 0 Å². The Morgan fingerprint density at radius 2 is 1.25 bits per heavy atom. The third-order valence-electron chi connectivity index (χ3n) is 0. The van der Waals surface area contributed by atoms with Crippen molar-refractivity contribution in [3.8, 4) is 0 Å². The molecule has 3 radical (unpaired) electrons. The van der Waals surface area contributed by atoms with Crippen LogP contribution >= 0.6 is 7.82 Å². The van der Waals surface area contributed by atoms with Crippen molar-refractivity contribution in [2.24, 2.45) is 0 Å². The Labute approximate surface area is 111 Å². The third kappa shape index (κ3) is 76.1. The zero-order valence-corrected chi connectivity index (χ0v) is 10.9. The normalized spacial score (nSPS) is 7.38. The molecule has 8 heavy (non-hydrogen) atoms. The monoisotopic (exact) mass is 275 g/mol. The molecule has 8 heteroatoms. The van der Waals surface area contributed by atoms with Crippen LogP contribution in [0.3, 0.4) is 0 Å². The van der Waals surface area contributed by atoms with E-state index in [0.29, 0.717) is 0 Å². The van der Waals surface area contributed by atoms with Crippen LogP contribution in [0.15, 0.2) is 0 Å². The van der Waals surface area contributed by atoms with Gasteiger partial charge in [0.15, 0.2) is 0 Å². The van der Waals surface area contributed by atoms with E-state index in [2.05, 4.69) is 0 Å². The quantitative estimate of drug-likeness (QED) is 0.366. The first-order chi connectivity index (χ1) is 2.00. The Kier molecular flexibility index (Phi) is 26.7. The minimum absolute atomic E-state index is 0. The molecular formula is H7BBaMgO4P. The summed E-state index contributed by atoms with van der Waals surface area (Å²) >= 11 is 0. The molecular weight excluding hydrogens is 267 g/mol. The fraction of sp³-hybridized carbons (Fsp3) is 0. The van der Waals surface area contributed by atoms with Crippen LogP contribution in [0.4, 0.5) is 0 Å². The van der Waals surface area contributed by atoms with Crippen LogP contribution in [-0.4, -0.2) is 95.0 Å². The van der Waals surface area contributed by atoms with E-state index in [-0.39, 0.29) is 86.1 Å². The average molecular weight is 274 g/mol. The Morgan fingerprint density at radius 1 is 1.25 bits per heavy atom. The van der Waals surface area contributed by atoms with Crippen molar-refractivity contribution in [2.75, 3.05) is 0 Å². The standard InChI is InChI=1S/B.Ba.Mg.H3O4P.4H/c;;;1-5(2,3)4;;;;/h;;;(H3,1,2,3,4);;;;/q;2*+2;;4*-1. The molecule has 0 aliphatic heterocycles. The summed E-state index contributed by atoms with van der Waals surface area (Å²) in [7, 11) is -4.64. The Bertz CT molecular complexity index is 73.2. The van der Waals surface area contributed by atoms with Crippen LogP contribution in [0, 0.1) is 0 Å². The van der Waals surface area contributed by atoms with Gasteiger partial charge in [0.05, 0.1) is 0 Å². The Balaban J connectivity index is -0.00000000381. The molecule has 0 aromatic carbocycles. The van der Waals surface area contributed by atoms with Gasteiger partial charge in [0, 0.05) is 8.41 Å². The van der Waals surface area contributed by atoms with E-state index in [0.717, 1.165) is 0 Å². The maximum atomic E-state index is 8.88. The second kappa shape index (κ2) is 9.51. The molecule has 0 unspecified atom stereocenters. The average Bonchev–Trinajstić information content (AvgIpc) is 0.722. The van der Waals surface area contributed by atoms with Crippen LogP contribution in [0.2, 0.25) is 0 Å². The molecule has 0 spiro atoms. The van der Waals surface area contributed by atoms with Crippen LogP contribution in [0.1, 0.15) is 5.71 Å². The maximum absolute atomic E-state index is 8.88. The molecule has 43 valence electrons. The van der Waals surface area contributed by atoms with Gasteiger partial charge in [-0.25, -0.2) is 4.57 Å². The zero-order valence-electron chi connectivity index (χ0n) is 8.19. The van der Waals surface area contributed by atoms with E-state index in [4.69, 9.17) is 19.2 Å². The third-order valence-corrected chi connectivity index (χ3v) is 0. The fourth-order valence-corrected chi connectivity index (χ4v) is 0. The molecule has 0 saturated carbocycles. The molecule has 0 heterocycles. The Morgan fingerprint density at radius 3 is 1.25 bits per heavy atom. The first-order valence-corrected chi connectivity index (χ1v) is 2.35. The summed E-state index contributed by atoms with van der Waals surface area (Å²) in [5, 5.41) is 0. The van der Waals surface area contributed by atoms with Crippen molar-refractivity contribution in [1.29, 1.82) is 0 Å². The summed E-state index contributed by atoms with van der Waals surface area (Å²) in [4.78, 5) is 21.6. The maximum Gasteiger partial charge on any atom is 2.00 e. The number of hydrogen-bond donors (Lipinski definition) is 3. The van der Waals surface area contributed by atoms with Crippen molar-refractivity contribution < 1.29 is 25.0 Å². The molecule has 0 bridgehead atoms. The summed E-state index contributed by atoms with van der Waals surface area (Å²) in [5.74, 6) is 0. The van der Waals surface area contributed by atoms with Gasteiger partial charge in [0.2, 0.25) is 0 Å². The van der Waals surface area contributed by atoms with Crippen molar-refractivity contribution in [3.63, 3.8) is 0 Å². The topological polar surface area (TPSA) is 77.8 Å². The van der Waals surface area contributed by atoms with Gasteiger partial charge in [-0.1, -0.05) is 0 Å². The number of phosphoric acid groups is 1. The van der Waals surface area contributed by atoms with Crippen LogP contribution in [0.25, 0.3) is 0 Å². The fourth-order valence-electron chi connectivity index (χ4n) is 0. The van der Waals surface area contributed by atoms with Crippen molar-refractivity contribution in [2.45, 2.75) is 0 Å². The van der Waals surface area contributed by atoms with Crippen molar-refractivity contribution in [1.82, 2.24) is 0 Å². The van der Waals surface area contributed by atoms with Crippen LogP contribution in [-0.2, 0) is 4.57 Å². The van der Waals surface area contributed by atoms with Crippen LogP contribution in [0.5, 0.6) is 0 Å². The molecule has 0 aromatic rings. The van der Waals surface area contributed by atoms with Gasteiger partial charge in [0.25, 0.3) is 0 Å². The summed E-state index contributed by atoms with van der Waals surface area (Å²) in [6.45, 7) is 0. The van der Waals surface area contributed by atoms with Gasteiger partial charge in [-0.15, -0.1) is 0 Å². The number of hydrogen-bond acceptors (Lipinski definition) is 1. The summed E-state index contributed by atoms with van der Waals surface area (Å²) in [6, 6.07) is 0. The first-order valence-electron chi connectivity index (χ1n) is 0.783. The molecule has 0 aliphatic carbocycles. The van der Waals surface area contributed by atoms with Gasteiger partial charge in [-0.2, -0.15) is 0 Å². The van der Waals surface area contributed by atoms with Crippen molar-refractivity contribution >= 4 is 88.2 Å². The summed E-state index contributed by atoms with van der Waals surface area (Å²) in [6.07, 6.45) is 0. The molecule has 0 aliphatic rings. The summed E-state index contributed by atoms with van der Waals surface area (Å²) in [5.41, 5.74) is 0. The Hall–Kier alpha value is 2.51. The second-order valence-corrected chi connectivity index (χ2v) is 1.54. The van der Waals surface area contributed by atoms with E-state index >= 15 is 0 Å². The minimum atomic E-state index is -4.64. The van der Waals surface area contributed by atoms with Gasteiger partial charge in [-0.3, -0.25) is 0 Å². The second-order valence-electron chi connectivity index (χ2n) is 0.513. The van der Waals surface area contributed by atoms with E-state index < -0.39 is 7.82 Å². The van der Waals surface area contributed by atoms with E-state index in [1.54, 1.807) is 0 Å². The predicted molar refractivity (Wildman–Crippen MR) is 36.0 cm³/mol. The van der Waals surface area contributed by atoms with Gasteiger partial charge >= 0.3 is 79.8 Å². The molecule has 0 atom stereocenters. The molecule has 0 rings (SSSR count). The van der Waals surface area contributed by atoms with Crippen LogP contribution < -0.4 is 0 Å². The molecule has 0 aromatic heterocycles. The summed E-state index contributed by atoms with van der Waals surface area (Å²) < 4.78 is 8.88. The predicted octanol–water partition coefficient (Wildman–Crippen LogP) is -1.62. The first kappa shape index (κ1) is 22.4. The van der Waals surface area contributed by atoms with E-state index in [1.807, 2.05) is 0 Å². The van der Waals surface area contributed by atoms with Gasteiger partial charge in [0.1, 0.15) is 0 Å².